The molecule has 3 nitrogen and oxygen atoms in total. The molecule has 2 N–H and O–H groups in total. The lowest BCUT2D eigenvalue weighted by atomic mass is 9.90. The fourth-order valence-corrected chi connectivity index (χ4v) is 2.68. The SMILES string of the molecule is C[C@H]1CCCN(C(=O)c2ccc(F)cc2F)[C@@H]1CN. The average Bonchev–Trinajstić information content (AvgIpc) is 2.37. The minimum absolute atomic E-state index is 0.0781. The molecule has 1 aromatic rings. The third-order valence-electron chi connectivity index (χ3n) is 3.78. The summed E-state index contributed by atoms with van der Waals surface area (Å²) in [6, 6.07) is 2.95. The van der Waals surface area contributed by atoms with Crippen molar-refractivity contribution in [1.82, 2.24) is 4.90 Å². The van der Waals surface area contributed by atoms with Gasteiger partial charge < -0.3 is 10.6 Å². The summed E-state index contributed by atoms with van der Waals surface area (Å²) in [6.45, 7) is 2.97. The molecule has 19 heavy (non-hydrogen) atoms. The molecule has 1 fully saturated rings. The Balaban J connectivity index is 2.27. The number of nitrogens with zero attached hydrogens (tertiary/aromatic N) is 1. The maximum absolute atomic E-state index is 13.7. The molecule has 2 rings (SSSR count). The van der Waals surface area contributed by atoms with E-state index in [1.165, 1.54) is 6.07 Å². The highest BCUT2D eigenvalue weighted by Gasteiger charge is 2.32. The van der Waals surface area contributed by atoms with Gasteiger partial charge in [-0.05, 0) is 30.9 Å². The van der Waals surface area contributed by atoms with Gasteiger partial charge >= 0.3 is 0 Å². The molecular formula is C14H18F2N2O. The lowest BCUT2D eigenvalue weighted by Crippen LogP contribution is -2.51. The number of piperidine rings is 1. The third kappa shape index (κ3) is 2.76. The van der Waals surface area contributed by atoms with Crippen molar-refractivity contribution in [3.63, 3.8) is 0 Å². The molecule has 0 saturated carbocycles. The van der Waals surface area contributed by atoms with Crippen molar-refractivity contribution < 1.29 is 13.6 Å². The molecule has 1 aliphatic heterocycles. The van der Waals surface area contributed by atoms with Gasteiger partial charge in [-0.25, -0.2) is 8.78 Å². The van der Waals surface area contributed by atoms with Crippen LogP contribution in [0.5, 0.6) is 0 Å². The van der Waals surface area contributed by atoms with E-state index in [1.54, 1.807) is 4.90 Å². The number of amides is 1. The fourth-order valence-electron chi connectivity index (χ4n) is 2.68. The molecule has 1 aliphatic rings. The number of carbonyl (C=O) groups is 1. The Kier molecular flexibility index (Phi) is 4.14. The topological polar surface area (TPSA) is 46.3 Å². The van der Waals surface area contributed by atoms with Crippen LogP contribution < -0.4 is 5.73 Å². The summed E-state index contributed by atoms with van der Waals surface area (Å²) >= 11 is 0. The van der Waals surface area contributed by atoms with Crippen LogP contribution in [0.4, 0.5) is 8.78 Å². The van der Waals surface area contributed by atoms with E-state index in [4.69, 9.17) is 5.73 Å². The molecule has 0 aromatic heterocycles. The second-order valence-electron chi connectivity index (χ2n) is 5.05. The van der Waals surface area contributed by atoms with Crippen LogP contribution >= 0.6 is 0 Å². The maximum atomic E-state index is 13.7. The van der Waals surface area contributed by atoms with Crippen LogP contribution in [0, 0.1) is 17.6 Å². The van der Waals surface area contributed by atoms with Gasteiger partial charge in [0.15, 0.2) is 0 Å². The van der Waals surface area contributed by atoms with E-state index in [0.29, 0.717) is 19.0 Å². The van der Waals surface area contributed by atoms with E-state index in [9.17, 15) is 13.6 Å². The summed E-state index contributed by atoms with van der Waals surface area (Å²) in [5, 5.41) is 0. The minimum atomic E-state index is -0.820. The monoisotopic (exact) mass is 268 g/mol. The van der Waals surface area contributed by atoms with Gasteiger partial charge in [-0.2, -0.15) is 0 Å². The first-order valence-corrected chi connectivity index (χ1v) is 6.50. The molecule has 1 heterocycles. The Morgan fingerprint density at radius 1 is 1.47 bits per heavy atom. The minimum Gasteiger partial charge on any atom is -0.334 e. The zero-order chi connectivity index (χ0) is 14.0. The average molecular weight is 268 g/mol. The van der Waals surface area contributed by atoms with Gasteiger partial charge in [-0.1, -0.05) is 6.92 Å². The predicted molar refractivity (Wildman–Crippen MR) is 68.6 cm³/mol. The zero-order valence-corrected chi connectivity index (χ0v) is 10.9. The summed E-state index contributed by atoms with van der Waals surface area (Å²) in [5.41, 5.74) is 5.63. The Morgan fingerprint density at radius 3 is 2.84 bits per heavy atom. The molecule has 1 saturated heterocycles. The van der Waals surface area contributed by atoms with Gasteiger partial charge in [0.1, 0.15) is 11.6 Å². The van der Waals surface area contributed by atoms with Crippen molar-refractivity contribution in [3.8, 4) is 0 Å². The van der Waals surface area contributed by atoms with Crippen molar-refractivity contribution in [3.05, 3.63) is 35.4 Å². The van der Waals surface area contributed by atoms with Crippen molar-refractivity contribution in [2.45, 2.75) is 25.8 Å². The number of benzene rings is 1. The van der Waals surface area contributed by atoms with Crippen LogP contribution in [0.25, 0.3) is 0 Å². The summed E-state index contributed by atoms with van der Waals surface area (Å²) in [4.78, 5) is 14.0. The van der Waals surface area contributed by atoms with Gasteiger partial charge in [-0.15, -0.1) is 0 Å². The Morgan fingerprint density at radius 2 is 2.21 bits per heavy atom. The summed E-state index contributed by atoms with van der Waals surface area (Å²) < 4.78 is 26.5. The molecule has 0 spiro atoms. The van der Waals surface area contributed by atoms with Crippen molar-refractivity contribution in [2.75, 3.05) is 13.1 Å². The van der Waals surface area contributed by atoms with Gasteiger partial charge in [0.05, 0.1) is 5.56 Å². The molecule has 104 valence electrons. The predicted octanol–water partition coefficient (Wildman–Crippen LogP) is 2.16. The Hall–Kier alpha value is -1.49. The largest absolute Gasteiger partial charge is 0.334 e. The molecule has 1 aromatic carbocycles. The molecule has 2 atom stereocenters. The van der Waals surface area contributed by atoms with Crippen molar-refractivity contribution in [2.24, 2.45) is 11.7 Å². The highest BCUT2D eigenvalue weighted by Crippen LogP contribution is 2.25. The highest BCUT2D eigenvalue weighted by atomic mass is 19.1. The number of rotatable bonds is 2. The summed E-state index contributed by atoms with van der Waals surface area (Å²) in [6.07, 6.45) is 1.89. The molecule has 1 amide bonds. The summed E-state index contributed by atoms with van der Waals surface area (Å²) in [7, 11) is 0. The molecule has 0 aliphatic carbocycles. The van der Waals surface area contributed by atoms with E-state index >= 15 is 0 Å². The maximum Gasteiger partial charge on any atom is 0.257 e. The van der Waals surface area contributed by atoms with Crippen molar-refractivity contribution in [1.29, 1.82) is 0 Å². The number of nitrogens with two attached hydrogens (primary N) is 1. The quantitative estimate of drug-likeness (QED) is 0.893. The second kappa shape index (κ2) is 5.65. The highest BCUT2D eigenvalue weighted by molar-refractivity contribution is 5.94. The van der Waals surface area contributed by atoms with E-state index in [1.807, 2.05) is 6.92 Å². The first-order chi connectivity index (χ1) is 9.04. The molecule has 0 radical (unpaired) electrons. The summed E-state index contributed by atoms with van der Waals surface area (Å²) in [5.74, 6) is -1.61. The fraction of sp³-hybridized carbons (Fsp3) is 0.500. The van der Waals surface area contributed by atoms with Gasteiger partial charge in [0.25, 0.3) is 5.91 Å². The van der Waals surface area contributed by atoms with E-state index in [2.05, 4.69) is 0 Å². The van der Waals surface area contributed by atoms with Crippen LogP contribution in [-0.4, -0.2) is 29.9 Å². The number of halogens is 2. The molecule has 0 unspecified atom stereocenters. The second-order valence-corrected chi connectivity index (χ2v) is 5.05. The third-order valence-corrected chi connectivity index (χ3v) is 3.78. The van der Waals surface area contributed by atoms with Crippen LogP contribution in [0.2, 0.25) is 0 Å². The van der Waals surface area contributed by atoms with Crippen LogP contribution in [0.3, 0.4) is 0 Å². The molecule has 0 bridgehead atoms. The standard InChI is InChI=1S/C14H18F2N2O/c1-9-3-2-6-18(13(9)8-17)14(19)11-5-4-10(15)7-12(11)16/h4-5,7,9,13H,2-3,6,8,17H2,1H3/t9-,13+/m0/s1. The zero-order valence-electron chi connectivity index (χ0n) is 10.9. The Labute approximate surface area is 111 Å². The number of hydrogen-bond acceptors (Lipinski definition) is 2. The smallest absolute Gasteiger partial charge is 0.257 e. The van der Waals surface area contributed by atoms with Crippen molar-refractivity contribution >= 4 is 5.91 Å². The first kappa shape index (κ1) is 13.9. The number of carbonyl (C=O) groups excluding carboxylic acids is 1. The van der Waals surface area contributed by atoms with E-state index < -0.39 is 17.5 Å². The van der Waals surface area contributed by atoms with E-state index in [0.717, 1.165) is 25.0 Å². The van der Waals surface area contributed by atoms with Gasteiger partial charge in [0, 0.05) is 25.2 Å². The van der Waals surface area contributed by atoms with Gasteiger partial charge in [0.2, 0.25) is 0 Å². The van der Waals surface area contributed by atoms with Crippen LogP contribution in [0.15, 0.2) is 18.2 Å². The lowest BCUT2D eigenvalue weighted by molar-refractivity contribution is 0.0528. The molecular weight excluding hydrogens is 250 g/mol. The number of hydrogen-bond donors (Lipinski definition) is 1. The normalized spacial score (nSPS) is 23.5. The first-order valence-electron chi connectivity index (χ1n) is 6.50. The lowest BCUT2D eigenvalue weighted by Gasteiger charge is -2.39. The van der Waals surface area contributed by atoms with Crippen LogP contribution in [0.1, 0.15) is 30.1 Å². The van der Waals surface area contributed by atoms with E-state index in [-0.39, 0.29) is 11.6 Å². The van der Waals surface area contributed by atoms with Crippen LogP contribution in [-0.2, 0) is 0 Å². The van der Waals surface area contributed by atoms with Gasteiger partial charge in [-0.3, -0.25) is 4.79 Å². The number of likely N-dealkylation sites (tertiary alicyclic amines) is 1. The molecule has 5 heteroatoms. The Bertz CT molecular complexity index is 479.